The van der Waals surface area contributed by atoms with Crippen molar-refractivity contribution < 1.29 is 40.1 Å². The number of unbranched alkanes of at least 4 members (excludes halogenated alkanes) is 13. The Morgan fingerprint density at radius 2 is 0.931 bits per heavy atom. The summed E-state index contributed by atoms with van der Waals surface area (Å²) in [7, 11) is -3.54. The van der Waals surface area contributed by atoms with Gasteiger partial charge in [0.1, 0.15) is 0 Å². The highest BCUT2D eigenvalue weighted by Crippen LogP contribution is 2.70. The predicted octanol–water partition coefficient (Wildman–Crippen LogP) is 15.2. The van der Waals surface area contributed by atoms with Gasteiger partial charge in [-0.25, -0.2) is 4.79 Å². The average molecular weight is 1050 g/mol. The molecule has 1 amide bonds. The van der Waals surface area contributed by atoms with E-state index < -0.39 is 40.0 Å². The van der Waals surface area contributed by atoms with E-state index in [1.54, 1.807) is 80.8 Å². The summed E-state index contributed by atoms with van der Waals surface area (Å²) in [5.74, 6) is -24.3. The number of alkyl halides is 6. The third-order valence-corrected chi connectivity index (χ3v) is 14.8. The van der Waals surface area contributed by atoms with Crippen LogP contribution in [0.25, 0.3) is 0 Å². The maximum Gasteiger partial charge on any atom is 0.412 e. The Balaban J connectivity index is 1.40. The number of benzene rings is 4. The Morgan fingerprint density at radius 1 is 0.569 bits per heavy atom. The molecule has 4 rings (SSSR count). The third kappa shape index (κ3) is 11.9. The van der Waals surface area contributed by atoms with E-state index in [4.69, 9.17) is 4.18 Å². The fraction of sp³-hybridized carbons (Fsp3) is 0.422. The van der Waals surface area contributed by atoms with Gasteiger partial charge in [0.15, 0.2) is 0 Å². The molecule has 0 fully saturated rings. The normalized spacial score (nSPS) is 12.6. The van der Waals surface area contributed by atoms with E-state index in [-0.39, 0.29) is 27.5 Å². The third-order valence-electron chi connectivity index (χ3n) is 9.92. The first-order valence-corrected chi connectivity index (χ1v) is 23.6. The lowest BCUT2D eigenvalue weighted by Gasteiger charge is -2.41. The molecule has 4 aromatic carbocycles. The van der Waals surface area contributed by atoms with Crippen LogP contribution in [0, 0.1) is 7.14 Å². The van der Waals surface area contributed by atoms with Crippen LogP contribution in [-0.4, -0.2) is 29.6 Å². The first-order chi connectivity index (χ1) is 27.7. The van der Waals surface area contributed by atoms with Crippen LogP contribution in [0.4, 0.5) is 32.0 Å². The largest absolute Gasteiger partial charge is 0.412 e. The van der Waals surface area contributed by atoms with E-state index in [0.717, 1.165) is 31.2 Å². The lowest BCUT2D eigenvalue weighted by Crippen LogP contribution is -2.62. The molecular weight excluding hydrogens is 1000 g/mol. The number of carbonyl (C=O) groups is 2. The maximum absolute atomic E-state index is 15.7. The second-order valence-corrected chi connectivity index (χ2v) is 19.3. The minimum atomic E-state index is -6.50. The van der Waals surface area contributed by atoms with E-state index in [0.29, 0.717) is 6.42 Å². The number of aryl methyl sites for hydroxylation is 1. The quantitative estimate of drug-likeness (QED) is 0.0432. The number of hydrogen-bond donors (Lipinski definition) is 1. The molecule has 58 heavy (non-hydrogen) atoms. The minimum absolute atomic E-state index is 0.168. The van der Waals surface area contributed by atoms with Crippen molar-refractivity contribution in [2.75, 3.05) is 5.32 Å². The number of rotatable bonds is 24. The van der Waals surface area contributed by atoms with Crippen LogP contribution < -0.4 is 5.32 Å². The molecule has 0 spiro atoms. The van der Waals surface area contributed by atoms with Gasteiger partial charge in [-0.2, -0.15) is 26.3 Å². The molecule has 0 saturated carbocycles. The monoisotopic (exact) mass is 1050 g/mol. The number of hydrogen-bond acceptors (Lipinski definition) is 3. The number of nitrogens with one attached hydrogen (secondary N) is 1. The van der Waals surface area contributed by atoms with E-state index in [9.17, 15) is 9.59 Å². The lowest BCUT2D eigenvalue weighted by atomic mass is 10.0. The molecule has 0 aliphatic rings. The summed E-state index contributed by atoms with van der Waals surface area (Å²) in [6.45, 7) is 2.23. The zero-order valence-corrected chi connectivity index (χ0v) is 37.7. The van der Waals surface area contributed by atoms with Crippen molar-refractivity contribution in [2.45, 2.75) is 136 Å². The van der Waals surface area contributed by atoms with Gasteiger partial charge in [0.05, 0.1) is 5.69 Å². The molecule has 1 N–H and O–H groups in total. The van der Waals surface area contributed by atoms with Gasteiger partial charge >= 0.3 is 29.6 Å². The van der Waals surface area contributed by atoms with Crippen molar-refractivity contribution in [2.24, 2.45) is 0 Å². The Bertz CT molecular complexity index is 1770. The van der Waals surface area contributed by atoms with Crippen LogP contribution in [0.15, 0.2) is 118 Å². The van der Waals surface area contributed by atoms with Crippen molar-refractivity contribution in [1.29, 1.82) is 0 Å². The topological polar surface area (TPSA) is 55.4 Å². The van der Waals surface area contributed by atoms with Crippen LogP contribution in [0.2, 0.25) is 0 Å². The molecule has 0 heterocycles. The van der Waals surface area contributed by atoms with E-state index >= 15 is 26.3 Å². The minimum Gasteiger partial charge on any atom is -0.397 e. The molecule has 0 aliphatic heterocycles. The van der Waals surface area contributed by atoms with Gasteiger partial charge in [0.2, 0.25) is 0 Å². The van der Waals surface area contributed by atoms with Crippen LogP contribution in [-0.2, 0) is 20.2 Å². The summed E-state index contributed by atoms with van der Waals surface area (Å²) < 4.78 is 99.4. The molecule has 0 unspecified atom stereocenters. The number of halogens is 8. The van der Waals surface area contributed by atoms with Crippen molar-refractivity contribution >= 4 is 73.1 Å². The summed E-state index contributed by atoms with van der Waals surface area (Å²) in [5.41, 5.74) is 0.635. The highest BCUT2D eigenvalue weighted by atomic mass is 127. The van der Waals surface area contributed by atoms with Gasteiger partial charge in [-0.1, -0.05) is 145 Å². The van der Waals surface area contributed by atoms with E-state index in [2.05, 4.69) is 6.92 Å². The second kappa shape index (κ2) is 22.7. The molecule has 0 saturated heterocycles. The van der Waals surface area contributed by atoms with Crippen LogP contribution in [0.5, 0.6) is 0 Å². The van der Waals surface area contributed by atoms with Gasteiger partial charge in [-0.3, -0.25) is 4.79 Å². The summed E-state index contributed by atoms with van der Waals surface area (Å²) >= 11 is 3.56. The number of carbonyl (C=O) groups excluding carboxylic acids is 2. The molecule has 316 valence electrons. The van der Waals surface area contributed by atoms with E-state index in [1.165, 1.54) is 137 Å². The number of amides is 1. The van der Waals surface area contributed by atoms with Crippen molar-refractivity contribution in [1.82, 2.24) is 0 Å². The molecule has 0 aliphatic carbocycles. The summed E-state index contributed by atoms with van der Waals surface area (Å²) in [4.78, 5) is 26.7. The summed E-state index contributed by atoms with van der Waals surface area (Å²) in [5, 5.41) is 1.74. The molecular formula is C45H51F6I2NO3S. The van der Waals surface area contributed by atoms with Crippen LogP contribution >= 0.6 is 55.5 Å². The fourth-order valence-electron chi connectivity index (χ4n) is 6.63. The molecule has 0 radical (unpaired) electrons. The molecule has 4 aromatic rings. The second-order valence-electron chi connectivity index (χ2n) is 14.3. The zero-order chi connectivity index (χ0) is 42.2. The Labute approximate surface area is 367 Å². The Hall–Kier alpha value is -2.79. The molecule has 0 atom stereocenters. The van der Waals surface area contributed by atoms with Crippen LogP contribution in [0.3, 0.4) is 0 Å². The maximum atomic E-state index is 15.7. The highest BCUT2D eigenvalue weighted by molar-refractivity contribution is 14.1. The first-order valence-electron chi connectivity index (χ1n) is 19.9. The molecule has 13 heteroatoms. The standard InChI is InChI=1S/C45H51F6I2NO3S/c1-2-3-4-5-6-7-8-9-10-11-12-13-14-18-25-34-32-38(52)40(39(53)33-34)54-41(55)43(46,47)45(50,51)44(48,49)42(56)57-58(35-26-19-15-20-27-35,36-28-21-16-22-29-36)37-30-23-17-24-31-37/h15-17,19-24,26-33H,2-14,18,25H2,1H3,(H,54,55). The smallest absolute Gasteiger partial charge is 0.397 e. The summed E-state index contributed by atoms with van der Waals surface area (Å²) in [6, 6.07) is 26.2. The van der Waals surface area contributed by atoms with Crippen molar-refractivity contribution in [3.8, 4) is 0 Å². The molecule has 0 bridgehead atoms. The van der Waals surface area contributed by atoms with Gasteiger partial charge in [0, 0.05) is 21.8 Å². The van der Waals surface area contributed by atoms with Gasteiger partial charge in [-0.05, 0) is 122 Å². The Kier molecular flexibility index (Phi) is 18.7. The number of anilines is 1. The van der Waals surface area contributed by atoms with E-state index in [1.807, 2.05) is 0 Å². The van der Waals surface area contributed by atoms with Gasteiger partial charge in [-0.15, -0.1) is 0 Å². The molecule has 4 nitrogen and oxygen atoms in total. The van der Waals surface area contributed by atoms with Crippen LogP contribution in [0.1, 0.15) is 102 Å². The Morgan fingerprint density at radius 3 is 1.31 bits per heavy atom. The summed E-state index contributed by atoms with van der Waals surface area (Å²) in [6.07, 6.45) is 17.7. The van der Waals surface area contributed by atoms with Gasteiger partial charge in [0.25, 0.3) is 0 Å². The lowest BCUT2D eigenvalue weighted by molar-refractivity contribution is -0.290. The predicted molar refractivity (Wildman–Crippen MR) is 237 cm³/mol. The first kappa shape index (κ1) is 47.9. The van der Waals surface area contributed by atoms with Crippen molar-refractivity contribution in [3.05, 3.63) is 116 Å². The van der Waals surface area contributed by atoms with Gasteiger partial charge < -0.3 is 9.50 Å². The zero-order valence-electron chi connectivity index (χ0n) is 32.6. The fourth-order valence-corrected chi connectivity index (χ4v) is 11.9. The van der Waals surface area contributed by atoms with Crippen molar-refractivity contribution in [3.63, 3.8) is 0 Å². The highest BCUT2D eigenvalue weighted by Gasteiger charge is 2.79. The SMILES string of the molecule is CCCCCCCCCCCCCCCCc1cc(I)c(NC(=O)C(F)(F)C(F)(F)C(F)(F)C(=O)OS(c2ccccc2)(c2ccccc2)c2ccccc2)c(I)c1. The molecule has 0 aromatic heterocycles. The average Bonchev–Trinajstić information content (AvgIpc) is 3.22.